The van der Waals surface area contributed by atoms with Crippen molar-refractivity contribution in [2.75, 3.05) is 13.1 Å². The molecule has 0 bridgehead atoms. The highest BCUT2D eigenvalue weighted by Gasteiger charge is 2.28. The summed E-state index contributed by atoms with van der Waals surface area (Å²) < 4.78 is 0. The fraction of sp³-hybridized carbons (Fsp3) is 0.286. The lowest BCUT2D eigenvalue weighted by Gasteiger charge is -2.16. The van der Waals surface area contributed by atoms with E-state index in [-0.39, 0.29) is 16.9 Å². The van der Waals surface area contributed by atoms with E-state index in [4.69, 9.17) is 27.7 Å². The zero-order chi connectivity index (χ0) is 15.0. The van der Waals surface area contributed by atoms with Crippen LogP contribution in [0.2, 0.25) is 0 Å². The zero-order valence-corrected chi connectivity index (χ0v) is 11.9. The summed E-state index contributed by atoms with van der Waals surface area (Å²) in [5, 5.41) is 23.7. The molecule has 21 heavy (non-hydrogen) atoms. The molecule has 2 heterocycles. The molecule has 1 aliphatic heterocycles. The molecular formula is C14H13ClN6. The van der Waals surface area contributed by atoms with Crippen molar-refractivity contribution < 1.29 is 0 Å². The Balaban J connectivity index is 1.84. The van der Waals surface area contributed by atoms with E-state index in [1.54, 1.807) is 17.0 Å². The van der Waals surface area contributed by atoms with Gasteiger partial charge in [0, 0.05) is 19.0 Å². The van der Waals surface area contributed by atoms with Crippen LogP contribution in [0.25, 0.3) is 11.0 Å². The number of likely N-dealkylation sites (tertiary alicyclic amines) is 1. The summed E-state index contributed by atoms with van der Waals surface area (Å²) in [7, 11) is 0. The van der Waals surface area contributed by atoms with Gasteiger partial charge >= 0.3 is 0 Å². The molecule has 3 rings (SSSR count). The fourth-order valence-electron chi connectivity index (χ4n) is 2.62. The van der Waals surface area contributed by atoms with Crippen LogP contribution in [0.3, 0.4) is 0 Å². The Kier molecular flexibility index (Phi) is 3.35. The molecule has 0 aliphatic carbocycles. The summed E-state index contributed by atoms with van der Waals surface area (Å²) in [6, 6.07) is 7.48. The van der Waals surface area contributed by atoms with Gasteiger partial charge in [-0.25, -0.2) is 4.98 Å². The Morgan fingerprint density at radius 1 is 1.48 bits per heavy atom. The highest BCUT2D eigenvalue weighted by molar-refractivity contribution is 6.82. The molecule has 1 unspecified atom stereocenters. The molecule has 1 atom stereocenters. The Hall–Kier alpha value is -2.39. The number of fused-ring (bicyclic) bond motifs is 1. The highest BCUT2D eigenvalue weighted by atomic mass is 35.5. The van der Waals surface area contributed by atoms with E-state index >= 15 is 0 Å². The molecule has 0 spiro atoms. The maximum Gasteiger partial charge on any atom is 0.163 e. The Morgan fingerprint density at radius 2 is 2.29 bits per heavy atom. The molecule has 3 N–H and O–H groups in total. The largest absolute Gasteiger partial charge is 0.354 e. The van der Waals surface area contributed by atoms with Crippen LogP contribution < -0.4 is 0 Å². The van der Waals surface area contributed by atoms with E-state index < -0.39 is 0 Å². The molecule has 1 saturated heterocycles. The van der Waals surface area contributed by atoms with Crippen molar-refractivity contribution >= 4 is 33.6 Å². The van der Waals surface area contributed by atoms with Crippen molar-refractivity contribution in [2.24, 2.45) is 0 Å². The van der Waals surface area contributed by atoms with Gasteiger partial charge in [-0.15, -0.1) is 0 Å². The number of imidazole rings is 1. The van der Waals surface area contributed by atoms with Crippen molar-refractivity contribution in [3.05, 3.63) is 29.6 Å². The molecule has 1 aromatic heterocycles. The minimum absolute atomic E-state index is 0.0574. The zero-order valence-electron chi connectivity index (χ0n) is 11.2. The Morgan fingerprint density at radius 3 is 3.00 bits per heavy atom. The van der Waals surface area contributed by atoms with Crippen molar-refractivity contribution in [3.8, 4) is 6.07 Å². The van der Waals surface area contributed by atoms with Crippen molar-refractivity contribution in [3.63, 3.8) is 0 Å². The quantitative estimate of drug-likeness (QED) is 0.586. The fourth-order valence-corrected chi connectivity index (χ4v) is 2.74. The molecule has 7 heteroatoms. The summed E-state index contributed by atoms with van der Waals surface area (Å²) in [5.41, 5.74) is 2.29. The first kappa shape index (κ1) is 13.6. The predicted molar refractivity (Wildman–Crippen MR) is 81.0 cm³/mol. The number of hydrogen-bond donors (Lipinski definition) is 3. The van der Waals surface area contributed by atoms with Crippen molar-refractivity contribution in [1.29, 1.82) is 16.1 Å². The van der Waals surface area contributed by atoms with Gasteiger partial charge in [-0.1, -0.05) is 11.6 Å². The van der Waals surface area contributed by atoms with E-state index in [0.29, 0.717) is 18.7 Å². The summed E-state index contributed by atoms with van der Waals surface area (Å²) in [6.45, 7) is 1.32. The minimum Gasteiger partial charge on any atom is -0.354 e. The molecule has 0 saturated carbocycles. The predicted octanol–water partition coefficient (Wildman–Crippen LogP) is 2.42. The Bertz CT molecular complexity index is 771. The van der Waals surface area contributed by atoms with Gasteiger partial charge in [-0.2, -0.15) is 5.26 Å². The van der Waals surface area contributed by atoms with E-state index in [2.05, 4.69) is 16.0 Å². The van der Waals surface area contributed by atoms with Crippen LogP contribution in [0.4, 0.5) is 0 Å². The van der Waals surface area contributed by atoms with Crippen LogP contribution in [-0.2, 0) is 0 Å². The average molecular weight is 301 g/mol. The molecule has 1 fully saturated rings. The van der Waals surface area contributed by atoms with Gasteiger partial charge in [0.15, 0.2) is 11.0 Å². The summed E-state index contributed by atoms with van der Waals surface area (Å²) in [5.74, 6) is 1.10. The maximum atomic E-state index is 8.92. The first-order valence-electron chi connectivity index (χ1n) is 6.56. The Labute approximate surface area is 126 Å². The van der Waals surface area contributed by atoms with Crippen LogP contribution in [0, 0.1) is 22.1 Å². The van der Waals surface area contributed by atoms with Crippen LogP contribution >= 0.6 is 11.6 Å². The monoisotopic (exact) mass is 300 g/mol. The molecule has 2 aromatic rings. The van der Waals surface area contributed by atoms with Gasteiger partial charge < -0.3 is 9.88 Å². The standard InChI is InChI=1S/C14H13ClN6/c15-12(17)13(18)21-4-3-9(7-21)14-19-10-2-1-8(6-16)5-11(10)20-14/h1-2,5,9,17-18H,3-4,7H2,(H,19,20). The lowest BCUT2D eigenvalue weighted by Crippen LogP contribution is -2.31. The van der Waals surface area contributed by atoms with Crippen molar-refractivity contribution in [2.45, 2.75) is 12.3 Å². The van der Waals surface area contributed by atoms with Gasteiger partial charge in [0.25, 0.3) is 0 Å². The third-order valence-electron chi connectivity index (χ3n) is 3.73. The third-order valence-corrected chi connectivity index (χ3v) is 3.91. The molecule has 6 nitrogen and oxygen atoms in total. The van der Waals surface area contributed by atoms with Gasteiger partial charge in [0.1, 0.15) is 5.82 Å². The van der Waals surface area contributed by atoms with E-state index in [0.717, 1.165) is 23.3 Å². The van der Waals surface area contributed by atoms with Crippen LogP contribution in [0.5, 0.6) is 0 Å². The number of rotatable bonds is 2. The lowest BCUT2D eigenvalue weighted by atomic mass is 10.1. The number of aromatic amines is 1. The van der Waals surface area contributed by atoms with Crippen LogP contribution in [0.15, 0.2) is 18.2 Å². The number of nitriles is 1. The summed E-state index contributed by atoms with van der Waals surface area (Å²) in [4.78, 5) is 9.60. The second kappa shape index (κ2) is 5.19. The first-order chi connectivity index (χ1) is 10.1. The smallest absolute Gasteiger partial charge is 0.163 e. The van der Waals surface area contributed by atoms with E-state index in [9.17, 15) is 0 Å². The number of H-pyrrole nitrogens is 1. The molecule has 106 valence electrons. The van der Waals surface area contributed by atoms with Crippen LogP contribution in [-0.4, -0.2) is 39.0 Å². The number of nitrogens with one attached hydrogen (secondary N) is 3. The van der Waals surface area contributed by atoms with Gasteiger partial charge in [0.05, 0.1) is 22.7 Å². The topological polar surface area (TPSA) is 103 Å². The van der Waals surface area contributed by atoms with E-state index in [1.165, 1.54) is 0 Å². The number of halogens is 1. The number of nitrogens with zero attached hydrogens (tertiary/aromatic N) is 3. The minimum atomic E-state index is -0.237. The summed E-state index contributed by atoms with van der Waals surface area (Å²) >= 11 is 5.56. The first-order valence-corrected chi connectivity index (χ1v) is 6.94. The molecule has 1 aromatic carbocycles. The number of hydrogen-bond acceptors (Lipinski definition) is 4. The van der Waals surface area contributed by atoms with Gasteiger partial charge in [-0.3, -0.25) is 10.8 Å². The highest BCUT2D eigenvalue weighted by Crippen LogP contribution is 2.27. The lowest BCUT2D eigenvalue weighted by molar-refractivity contribution is 0.511. The number of aromatic nitrogens is 2. The molecule has 1 aliphatic rings. The van der Waals surface area contributed by atoms with Crippen molar-refractivity contribution in [1.82, 2.24) is 14.9 Å². The molecular weight excluding hydrogens is 288 g/mol. The normalized spacial score (nSPS) is 17.9. The maximum absolute atomic E-state index is 8.92. The summed E-state index contributed by atoms with van der Waals surface area (Å²) in [6.07, 6.45) is 0.859. The number of amidine groups is 1. The second-order valence-corrected chi connectivity index (χ2v) is 5.44. The third kappa shape index (κ3) is 2.48. The average Bonchev–Trinajstić information content (AvgIpc) is 3.11. The molecule has 0 amide bonds. The van der Waals surface area contributed by atoms with Crippen LogP contribution in [0.1, 0.15) is 23.7 Å². The number of benzene rings is 1. The second-order valence-electron chi connectivity index (χ2n) is 5.06. The van der Waals surface area contributed by atoms with E-state index in [1.807, 2.05) is 6.07 Å². The van der Waals surface area contributed by atoms with Gasteiger partial charge in [0.2, 0.25) is 0 Å². The SMILES string of the molecule is N#Cc1ccc2nc(C3CCN(C(=N)C(=N)Cl)C3)[nH]c2c1. The van der Waals surface area contributed by atoms with Gasteiger partial charge in [-0.05, 0) is 24.6 Å². The molecule has 0 radical (unpaired) electrons.